The zero-order valence-electron chi connectivity index (χ0n) is 10.5. The van der Waals surface area contributed by atoms with Gasteiger partial charge in [0.1, 0.15) is 12.7 Å². The number of aliphatic hydroxyl groups excluding tert-OH is 2. The van der Waals surface area contributed by atoms with Crippen LogP contribution in [-0.2, 0) is 9.53 Å². The lowest BCUT2D eigenvalue weighted by atomic mass is 9.89. The minimum absolute atomic E-state index is 0.116. The molecule has 1 atom stereocenters. The van der Waals surface area contributed by atoms with E-state index in [4.69, 9.17) is 14.9 Å². The summed E-state index contributed by atoms with van der Waals surface area (Å²) in [5.41, 5.74) is 0.303. The van der Waals surface area contributed by atoms with Gasteiger partial charge in [0.2, 0.25) is 0 Å². The van der Waals surface area contributed by atoms with Crippen molar-refractivity contribution in [3.8, 4) is 0 Å². The van der Waals surface area contributed by atoms with E-state index in [1.165, 1.54) is 0 Å². The molecule has 4 nitrogen and oxygen atoms in total. The molecular formula is C12H24O4. The zero-order chi connectivity index (χ0) is 12.6. The number of rotatable bonds is 7. The second-order valence-electron chi connectivity index (χ2n) is 5.29. The van der Waals surface area contributed by atoms with Crippen LogP contribution in [0.3, 0.4) is 0 Å². The number of aliphatic hydroxyl groups is 2. The molecule has 0 spiro atoms. The van der Waals surface area contributed by atoms with Gasteiger partial charge in [-0.1, -0.05) is 27.2 Å². The highest BCUT2D eigenvalue weighted by Crippen LogP contribution is 2.21. The van der Waals surface area contributed by atoms with Gasteiger partial charge in [0.05, 0.1) is 6.61 Å². The third kappa shape index (κ3) is 9.93. The van der Waals surface area contributed by atoms with Gasteiger partial charge in [-0.25, -0.2) is 0 Å². The van der Waals surface area contributed by atoms with E-state index < -0.39 is 6.10 Å². The topological polar surface area (TPSA) is 66.8 Å². The number of esters is 1. The molecule has 0 saturated heterocycles. The van der Waals surface area contributed by atoms with Crippen molar-refractivity contribution in [2.24, 2.45) is 5.41 Å². The van der Waals surface area contributed by atoms with E-state index in [-0.39, 0.29) is 19.2 Å². The average molecular weight is 232 g/mol. The predicted molar refractivity (Wildman–Crippen MR) is 62.0 cm³/mol. The predicted octanol–water partition coefficient (Wildman–Crippen LogP) is 1.49. The van der Waals surface area contributed by atoms with Crippen LogP contribution >= 0.6 is 0 Å². The molecule has 0 aliphatic rings. The fraction of sp³-hybridized carbons (Fsp3) is 0.917. The normalized spacial score (nSPS) is 13.6. The lowest BCUT2D eigenvalue weighted by molar-refractivity contribution is -0.147. The van der Waals surface area contributed by atoms with Crippen LogP contribution in [0.5, 0.6) is 0 Å². The number of hydrogen-bond acceptors (Lipinski definition) is 4. The summed E-state index contributed by atoms with van der Waals surface area (Å²) in [5.74, 6) is -0.304. The molecule has 0 radical (unpaired) electrons. The molecule has 0 fully saturated rings. The van der Waals surface area contributed by atoms with Gasteiger partial charge in [0, 0.05) is 6.42 Å². The summed E-state index contributed by atoms with van der Waals surface area (Å²) in [6.45, 7) is 6.01. The number of carbonyl (C=O) groups is 1. The minimum Gasteiger partial charge on any atom is -0.463 e. The minimum atomic E-state index is -0.960. The molecule has 0 aromatic carbocycles. The SMILES string of the molecule is CC(C)(C)CCCCC(=O)OCC(O)CO. The quantitative estimate of drug-likeness (QED) is 0.515. The van der Waals surface area contributed by atoms with Crippen molar-refractivity contribution in [2.45, 2.75) is 52.6 Å². The van der Waals surface area contributed by atoms with Crippen LogP contribution in [0.25, 0.3) is 0 Å². The van der Waals surface area contributed by atoms with E-state index in [9.17, 15) is 4.79 Å². The van der Waals surface area contributed by atoms with Gasteiger partial charge in [-0.3, -0.25) is 4.79 Å². The van der Waals surface area contributed by atoms with Crippen LogP contribution in [-0.4, -0.2) is 35.5 Å². The Kier molecular flexibility index (Phi) is 7.34. The van der Waals surface area contributed by atoms with E-state index in [2.05, 4.69) is 20.8 Å². The Bertz CT molecular complexity index is 196. The first kappa shape index (κ1) is 15.4. The lowest BCUT2D eigenvalue weighted by Crippen LogP contribution is -2.21. The zero-order valence-corrected chi connectivity index (χ0v) is 10.5. The third-order valence-electron chi connectivity index (χ3n) is 2.21. The number of hydrogen-bond donors (Lipinski definition) is 2. The fourth-order valence-corrected chi connectivity index (χ4v) is 1.24. The highest BCUT2D eigenvalue weighted by molar-refractivity contribution is 5.69. The van der Waals surface area contributed by atoms with E-state index >= 15 is 0 Å². The van der Waals surface area contributed by atoms with E-state index in [0.29, 0.717) is 11.8 Å². The van der Waals surface area contributed by atoms with Crippen LogP contribution in [0.15, 0.2) is 0 Å². The molecule has 16 heavy (non-hydrogen) atoms. The first-order valence-corrected chi connectivity index (χ1v) is 5.79. The van der Waals surface area contributed by atoms with Gasteiger partial charge in [0.25, 0.3) is 0 Å². The van der Waals surface area contributed by atoms with Crippen molar-refractivity contribution in [1.29, 1.82) is 0 Å². The Morgan fingerprint density at radius 2 is 1.94 bits per heavy atom. The Morgan fingerprint density at radius 3 is 2.44 bits per heavy atom. The molecule has 0 amide bonds. The maximum atomic E-state index is 11.2. The molecule has 0 aromatic heterocycles. The Labute approximate surface area is 97.6 Å². The molecule has 1 unspecified atom stereocenters. The Morgan fingerprint density at radius 1 is 1.31 bits per heavy atom. The largest absolute Gasteiger partial charge is 0.463 e. The number of ether oxygens (including phenoxy) is 1. The number of unbranched alkanes of at least 4 members (excludes halogenated alkanes) is 1. The number of carbonyl (C=O) groups excluding carboxylic acids is 1. The molecule has 96 valence electrons. The summed E-state index contributed by atoms with van der Waals surface area (Å²) < 4.78 is 4.78. The molecule has 0 aliphatic heterocycles. The van der Waals surface area contributed by atoms with Crippen LogP contribution in [0, 0.1) is 5.41 Å². The van der Waals surface area contributed by atoms with Crippen molar-refractivity contribution >= 4 is 5.97 Å². The second kappa shape index (κ2) is 7.63. The van der Waals surface area contributed by atoms with E-state index in [0.717, 1.165) is 19.3 Å². The standard InChI is InChI=1S/C12H24O4/c1-12(2,3)7-5-4-6-11(15)16-9-10(14)8-13/h10,13-14H,4-9H2,1-3H3. The molecular weight excluding hydrogens is 208 g/mol. The van der Waals surface area contributed by atoms with Gasteiger partial charge in [-0.2, -0.15) is 0 Å². The van der Waals surface area contributed by atoms with Crippen molar-refractivity contribution in [1.82, 2.24) is 0 Å². The first-order chi connectivity index (χ1) is 7.35. The van der Waals surface area contributed by atoms with Gasteiger partial charge in [-0.05, 0) is 18.3 Å². The summed E-state index contributed by atoms with van der Waals surface area (Å²) in [7, 11) is 0. The summed E-state index contributed by atoms with van der Waals surface area (Å²) in [4.78, 5) is 11.2. The highest BCUT2D eigenvalue weighted by Gasteiger charge is 2.11. The van der Waals surface area contributed by atoms with Crippen molar-refractivity contribution in [3.05, 3.63) is 0 Å². The summed E-state index contributed by atoms with van der Waals surface area (Å²) in [6, 6.07) is 0. The Hall–Kier alpha value is -0.610. The van der Waals surface area contributed by atoms with Crippen molar-refractivity contribution in [2.75, 3.05) is 13.2 Å². The van der Waals surface area contributed by atoms with Gasteiger partial charge < -0.3 is 14.9 Å². The van der Waals surface area contributed by atoms with Gasteiger partial charge in [-0.15, -0.1) is 0 Å². The molecule has 0 bridgehead atoms. The maximum Gasteiger partial charge on any atom is 0.305 e. The fourth-order valence-electron chi connectivity index (χ4n) is 1.24. The molecule has 0 aromatic rings. The first-order valence-electron chi connectivity index (χ1n) is 5.79. The Balaban J connectivity index is 3.44. The molecule has 2 N–H and O–H groups in total. The van der Waals surface area contributed by atoms with Gasteiger partial charge >= 0.3 is 5.97 Å². The lowest BCUT2D eigenvalue weighted by Gasteiger charge is -2.17. The molecule has 0 aliphatic carbocycles. The van der Waals surface area contributed by atoms with Crippen molar-refractivity contribution in [3.63, 3.8) is 0 Å². The average Bonchev–Trinajstić information content (AvgIpc) is 2.19. The summed E-state index contributed by atoms with van der Waals surface area (Å²) in [6.07, 6.45) is 2.32. The second-order valence-corrected chi connectivity index (χ2v) is 5.29. The van der Waals surface area contributed by atoms with E-state index in [1.807, 2.05) is 0 Å². The smallest absolute Gasteiger partial charge is 0.305 e. The van der Waals surface area contributed by atoms with Crippen LogP contribution in [0.2, 0.25) is 0 Å². The summed E-state index contributed by atoms with van der Waals surface area (Å²) in [5, 5.41) is 17.5. The monoisotopic (exact) mass is 232 g/mol. The van der Waals surface area contributed by atoms with Crippen LogP contribution in [0.4, 0.5) is 0 Å². The van der Waals surface area contributed by atoms with Gasteiger partial charge in [0.15, 0.2) is 0 Å². The highest BCUT2D eigenvalue weighted by atomic mass is 16.5. The van der Waals surface area contributed by atoms with Crippen molar-refractivity contribution < 1.29 is 19.7 Å². The third-order valence-corrected chi connectivity index (χ3v) is 2.21. The molecule has 0 rings (SSSR count). The summed E-state index contributed by atoms with van der Waals surface area (Å²) >= 11 is 0. The molecule has 0 heterocycles. The van der Waals surface area contributed by atoms with Crippen LogP contribution < -0.4 is 0 Å². The molecule has 4 heteroatoms. The molecule has 0 saturated carbocycles. The van der Waals surface area contributed by atoms with E-state index in [1.54, 1.807) is 0 Å². The maximum absolute atomic E-state index is 11.2. The van der Waals surface area contributed by atoms with Crippen LogP contribution in [0.1, 0.15) is 46.5 Å².